The van der Waals surface area contributed by atoms with Gasteiger partial charge in [0.25, 0.3) is 0 Å². The lowest BCUT2D eigenvalue weighted by Crippen LogP contribution is -2.37. The number of nitrogens with zero attached hydrogens (tertiary/aromatic N) is 2. The number of carbonyl (C=O) groups is 1. The summed E-state index contributed by atoms with van der Waals surface area (Å²) in [5, 5.41) is 2.63. The average molecular weight is 468 g/mol. The molecule has 0 aliphatic heterocycles. The van der Waals surface area contributed by atoms with Gasteiger partial charge in [0.05, 0.1) is 23.9 Å². The lowest BCUT2D eigenvalue weighted by Gasteiger charge is -2.24. The second kappa shape index (κ2) is 8.88. The fraction of sp³-hybridized carbons (Fsp3) is 0.381. The molecule has 170 valence electrons. The van der Waals surface area contributed by atoms with Crippen molar-refractivity contribution >= 4 is 43.0 Å². The second-order valence-corrected chi connectivity index (χ2v) is 12.3. The quantitative estimate of drug-likeness (QED) is 0.674. The van der Waals surface area contributed by atoms with E-state index in [-0.39, 0.29) is 5.41 Å². The maximum atomic E-state index is 12.6. The molecule has 0 bridgehead atoms. The molecular formula is C21H29N3O5S2. The molecule has 0 radical (unpaired) electrons. The van der Waals surface area contributed by atoms with Crippen molar-refractivity contribution in [3.05, 3.63) is 54.1 Å². The molecule has 31 heavy (non-hydrogen) atoms. The molecule has 8 nitrogen and oxygen atoms in total. The van der Waals surface area contributed by atoms with E-state index < -0.39 is 32.5 Å². The average Bonchev–Trinajstić information content (AvgIpc) is 2.63. The molecule has 1 N–H and O–H groups in total. The molecule has 0 heterocycles. The minimum Gasteiger partial charge on any atom is -0.324 e. The highest BCUT2D eigenvalue weighted by molar-refractivity contribution is 7.92. The molecular weight excluding hydrogens is 438 g/mol. The number of rotatable bonds is 7. The van der Waals surface area contributed by atoms with Crippen molar-refractivity contribution in [3.8, 4) is 0 Å². The normalized spacial score (nSPS) is 12.3. The molecule has 0 unspecified atom stereocenters. The van der Waals surface area contributed by atoms with Crippen LogP contribution >= 0.6 is 0 Å². The summed E-state index contributed by atoms with van der Waals surface area (Å²) in [6.07, 6.45) is 2.12. The summed E-state index contributed by atoms with van der Waals surface area (Å²) < 4.78 is 50.2. The van der Waals surface area contributed by atoms with E-state index in [1.807, 2.05) is 12.1 Å². The number of carbonyl (C=O) groups excluding carboxylic acids is 1. The minimum absolute atomic E-state index is 0.0873. The van der Waals surface area contributed by atoms with E-state index in [4.69, 9.17) is 0 Å². The van der Waals surface area contributed by atoms with Crippen LogP contribution in [0.2, 0.25) is 0 Å². The third-order valence-electron chi connectivity index (χ3n) is 4.70. The first-order chi connectivity index (χ1) is 14.1. The first kappa shape index (κ1) is 24.7. The topological polar surface area (TPSA) is 104 Å². The van der Waals surface area contributed by atoms with Crippen LogP contribution in [0.4, 0.5) is 17.1 Å². The van der Waals surface area contributed by atoms with Crippen LogP contribution in [0.15, 0.2) is 48.5 Å². The van der Waals surface area contributed by atoms with E-state index in [0.29, 0.717) is 17.1 Å². The van der Waals surface area contributed by atoms with Gasteiger partial charge >= 0.3 is 0 Å². The third kappa shape index (κ3) is 6.70. The van der Waals surface area contributed by atoms with E-state index in [0.717, 1.165) is 26.7 Å². The van der Waals surface area contributed by atoms with Crippen molar-refractivity contribution < 1.29 is 21.6 Å². The molecule has 2 aromatic rings. The molecule has 0 saturated carbocycles. The lowest BCUT2D eigenvalue weighted by molar-refractivity contribution is -0.114. The predicted molar refractivity (Wildman–Crippen MR) is 126 cm³/mol. The van der Waals surface area contributed by atoms with Gasteiger partial charge in [-0.15, -0.1) is 0 Å². The Hall–Kier alpha value is -2.59. The van der Waals surface area contributed by atoms with Crippen molar-refractivity contribution in [2.45, 2.75) is 26.2 Å². The number of nitrogens with one attached hydrogen (secondary N) is 1. The predicted octanol–water partition coefficient (Wildman–Crippen LogP) is 2.78. The van der Waals surface area contributed by atoms with Gasteiger partial charge in [-0.25, -0.2) is 16.8 Å². The first-order valence-corrected chi connectivity index (χ1v) is 13.2. The van der Waals surface area contributed by atoms with E-state index in [1.54, 1.807) is 30.3 Å². The van der Waals surface area contributed by atoms with Gasteiger partial charge in [-0.1, -0.05) is 39.0 Å². The number of hydrogen-bond donors (Lipinski definition) is 1. The van der Waals surface area contributed by atoms with Crippen LogP contribution in [-0.2, 0) is 30.3 Å². The van der Waals surface area contributed by atoms with Gasteiger partial charge in [0, 0.05) is 12.7 Å². The SMILES string of the molecule is CN(c1cccc(NC(=O)CN(c2ccc(C(C)(C)C)cc2)S(C)(=O)=O)c1)S(C)(=O)=O. The molecule has 0 fully saturated rings. The van der Waals surface area contributed by atoms with Gasteiger partial charge in [0.15, 0.2) is 0 Å². The van der Waals surface area contributed by atoms with Crippen LogP contribution in [-0.4, -0.2) is 48.8 Å². The Morgan fingerprint density at radius 3 is 1.97 bits per heavy atom. The Balaban J connectivity index is 2.23. The molecule has 0 saturated heterocycles. The molecule has 0 spiro atoms. The maximum absolute atomic E-state index is 12.6. The van der Waals surface area contributed by atoms with Crippen LogP contribution in [0, 0.1) is 0 Å². The van der Waals surface area contributed by atoms with Crippen molar-refractivity contribution in [1.82, 2.24) is 0 Å². The summed E-state index contributed by atoms with van der Waals surface area (Å²) in [7, 11) is -5.76. The molecule has 0 atom stereocenters. The van der Waals surface area contributed by atoms with Crippen LogP contribution in [0.25, 0.3) is 0 Å². The van der Waals surface area contributed by atoms with E-state index in [9.17, 15) is 21.6 Å². The van der Waals surface area contributed by atoms with Gasteiger partial charge in [-0.2, -0.15) is 0 Å². The highest BCUT2D eigenvalue weighted by Gasteiger charge is 2.22. The summed E-state index contributed by atoms with van der Waals surface area (Å²) in [5.41, 5.74) is 2.07. The van der Waals surface area contributed by atoms with E-state index >= 15 is 0 Å². The smallest absolute Gasteiger partial charge is 0.245 e. The summed E-state index contributed by atoms with van der Waals surface area (Å²) in [6, 6.07) is 13.3. The van der Waals surface area contributed by atoms with Crippen molar-refractivity contribution in [3.63, 3.8) is 0 Å². The van der Waals surface area contributed by atoms with Crippen LogP contribution in [0.5, 0.6) is 0 Å². The Bertz CT molecular complexity index is 1150. The maximum Gasteiger partial charge on any atom is 0.245 e. The highest BCUT2D eigenvalue weighted by atomic mass is 32.2. The van der Waals surface area contributed by atoms with Crippen molar-refractivity contribution in [2.75, 3.05) is 40.0 Å². The third-order valence-corrected chi connectivity index (χ3v) is 7.05. The molecule has 1 amide bonds. The van der Waals surface area contributed by atoms with Gasteiger partial charge in [0.1, 0.15) is 6.54 Å². The van der Waals surface area contributed by atoms with Gasteiger partial charge in [0.2, 0.25) is 26.0 Å². The number of anilines is 3. The Labute approximate surface area is 185 Å². The molecule has 2 rings (SSSR count). The monoisotopic (exact) mass is 467 g/mol. The number of hydrogen-bond acceptors (Lipinski definition) is 5. The van der Waals surface area contributed by atoms with Crippen molar-refractivity contribution in [2.24, 2.45) is 0 Å². The van der Waals surface area contributed by atoms with Gasteiger partial charge in [-0.05, 0) is 41.3 Å². The van der Waals surface area contributed by atoms with Gasteiger partial charge < -0.3 is 5.32 Å². The minimum atomic E-state index is -3.71. The van der Waals surface area contributed by atoms with Crippen LogP contribution in [0.1, 0.15) is 26.3 Å². The fourth-order valence-electron chi connectivity index (χ4n) is 2.83. The van der Waals surface area contributed by atoms with E-state index in [2.05, 4.69) is 26.1 Å². The van der Waals surface area contributed by atoms with Crippen LogP contribution in [0.3, 0.4) is 0 Å². The fourth-order valence-corrected chi connectivity index (χ4v) is 4.18. The first-order valence-electron chi connectivity index (χ1n) is 9.51. The van der Waals surface area contributed by atoms with Crippen LogP contribution < -0.4 is 13.9 Å². The molecule has 10 heteroatoms. The zero-order valence-corrected chi connectivity index (χ0v) is 20.2. The molecule has 0 aliphatic carbocycles. The summed E-state index contributed by atoms with van der Waals surface area (Å²) in [4.78, 5) is 12.6. The highest BCUT2D eigenvalue weighted by Crippen LogP contribution is 2.26. The second-order valence-electron chi connectivity index (χ2n) is 8.40. The zero-order valence-electron chi connectivity index (χ0n) is 18.6. The summed E-state index contributed by atoms with van der Waals surface area (Å²) in [6.45, 7) is 5.75. The molecule has 2 aromatic carbocycles. The number of sulfonamides is 2. The zero-order chi connectivity index (χ0) is 23.6. The number of benzene rings is 2. The van der Waals surface area contributed by atoms with E-state index in [1.165, 1.54) is 13.1 Å². The molecule has 0 aromatic heterocycles. The summed E-state index contributed by atoms with van der Waals surface area (Å²) in [5.74, 6) is -0.551. The Kier molecular flexibility index (Phi) is 7.07. The summed E-state index contributed by atoms with van der Waals surface area (Å²) >= 11 is 0. The van der Waals surface area contributed by atoms with Crippen molar-refractivity contribution in [1.29, 1.82) is 0 Å². The lowest BCUT2D eigenvalue weighted by atomic mass is 9.87. The van der Waals surface area contributed by atoms with Gasteiger partial charge in [-0.3, -0.25) is 13.4 Å². The standard InChI is InChI=1S/C21H29N3O5S2/c1-21(2,3)16-10-12-18(13-11-16)24(31(6,28)29)15-20(25)22-17-8-7-9-19(14-17)23(4)30(5,26)27/h7-14H,15H2,1-6H3,(H,22,25). The Morgan fingerprint density at radius 2 is 1.48 bits per heavy atom. The largest absolute Gasteiger partial charge is 0.324 e. The molecule has 0 aliphatic rings. The number of amides is 1. The Morgan fingerprint density at radius 1 is 0.903 bits per heavy atom.